The molecule has 1 N–H and O–H groups in total. The van der Waals surface area contributed by atoms with Gasteiger partial charge in [0.1, 0.15) is 6.04 Å². The largest absolute Gasteiger partial charge is 0.468 e. The number of methoxy groups -OCH3 is 1. The van der Waals surface area contributed by atoms with Crippen LogP contribution in [-0.4, -0.2) is 60.9 Å². The Morgan fingerprint density at radius 3 is 2.76 bits per heavy atom. The van der Waals surface area contributed by atoms with E-state index in [2.05, 4.69) is 4.74 Å². The van der Waals surface area contributed by atoms with Gasteiger partial charge in [-0.2, -0.15) is 0 Å². The van der Waals surface area contributed by atoms with E-state index in [-0.39, 0.29) is 12.5 Å². The fourth-order valence-electron chi connectivity index (χ4n) is 1.94. The van der Waals surface area contributed by atoms with Gasteiger partial charge in [-0.15, -0.1) is 0 Å². The van der Waals surface area contributed by atoms with Crippen molar-refractivity contribution in [2.45, 2.75) is 31.9 Å². The summed E-state index contributed by atoms with van der Waals surface area (Å²) < 4.78 is 9.50. The second-order valence-electron chi connectivity index (χ2n) is 3.99. The number of piperidine rings is 1. The molecule has 1 fully saturated rings. The van der Waals surface area contributed by atoms with Crippen LogP contribution in [0.25, 0.3) is 0 Å². The molecule has 0 radical (unpaired) electrons. The molecule has 0 saturated carbocycles. The van der Waals surface area contributed by atoms with Gasteiger partial charge in [-0.1, -0.05) is 0 Å². The van der Waals surface area contributed by atoms with Crippen LogP contribution >= 0.6 is 0 Å². The quantitative estimate of drug-likeness (QED) is 0.676. The average molecular weight is 245 g/mol. The maximum absolute atomic E-state index is 11.5. The molecule has 0 spiro atoms. The third-order valence-corrected chi connectivity index (χ3v) is 2.80. The lowest BCUT2D eigenvalue weighted by Crippen LogP contribution is -2.51. The lowest BCUT2D eigenvalue weighted by molar-refractivity contribution is -0.154. The third kappa shape index (κ3) is 3.98. The third-order valence-electron chi connectivity index (χ3n) is 2.80. The summed E-state index contributed by atoms with van der Waals surface area (Å²) in [6.45, 7) is 2.59. The first kappa shape index (κ1) is 13.9. The van der Waals surface area contributed by atoms with Gasteiger partial charge in [-0.3, -0.25) is 14.5 Å². The molecule has 0 aromatic carbocycles. The number of esters is 2. The molecule has 2 atom stereocenters. The number of hydrogen-bond donors (Lipinski definition) is 1. The van der Waals surface area contributed by atoms with Crippen molar-refractivity contribution >= 4 is 11.9 Å². The van der Waals surface area contributed by atoms with Gasteiger partial charge in [0, 0.05) is 6.54 Å². The van der Waals surface area contributed by atoms with Crippen molar-refractivity contribution in [3.8, 4) is 0 Å². The first-order chi connectivity index (χ1) is 8.08. The molecule has 1 aliphatic heterocycles. The normalized spacial score (nSPS) is 25.4. The van der Waals surface area contributed by atoms with Crippen LogP contribution < -0.4 is 0 Å². The van der Waals surface area contributed by atoms with Crippen molar-refractivity contribution in [1.29, 1.82) is 0 Å². The molecular formula is C11H19NO5. The van der Waals surface area contributed by atoms with Crippen LogP contribution in [0.1, 0.15) is 19.8 Å². The molecule has 1 saturated heterocycles. The predicted molar refractivity (Wildman–Crippen MR) is 59.3 cm³/mol. The fourth-order valence-corrected chi connectivity index (χ4v) is 1.94. The van der Waals surface area contributed by atoms with Gasteiger partial charge >= 0.3 is 11.9 Å². The van der Waals surface area contributed by atoms with Gasteiger partial charge in [0.05, 0.1) is 26.4 Å². The summed E-state index contributed by atoms with van der Waals surface area (Å²) in [5.41, 5.74) is 0. The highest BCUT2D eigenvalue weighted by Crippen LogP contribution is 2.18. The van der Waals surface area contributed by atoms with Gasteiger partial charge < -0.3 is 14.6 Å². The van der Waals surface area contributed by atoms with Crippen LogP contribution in [0.15, 0.2) is 0 Å². The molecule has 0 aliphatic carbocycles. The van der Waals surface area contributed by atoms with Crippen molar-refractivity contribution in [2.24, 2.45) is 0 Å². The Balaban J connectivity index is 2.60. The predicted octanol–water partition coefficient (Wildman–Crippen LogP) is -0.452. The van der Waals surface area contributed by atoms with Crippen LogP contribution in [0, 0.1) is 0 Å². The first-order valence-electron chi connectivity index (χ1n) is 5.74. The topological polar surface area (TPSA) is 76.1 Å². The number of nitrogens with zero attached hydrogens (tertiary/aromatic N) is 1. The Labute approximate surface area is 100 Å². The summed E-state index contributed by atoms with van der Waals surface area (Å²) in [7, 11) is 1.30. The number of ether oxygens (including phenoxy) is 2. The van der Waals surface area contributed by atoms with Crippen LogP contribution in [-0.2, 0) is 19.1 Å². The van der Waals surface area contributed by atoms with Crippen LogP contribution in [0.4, 0.5) is 0 Å². The Morgan fingerprint density at radius 2 is 2.18 bits per heavy atom. The smallest absolute Gasteiger partial charge is 0.323 e. The fraction of sp³-hybridized carbons (Fsp3) is 0.818. The monoisotopic (exact) mass is 245 g/mol. The van der Waals surface area contributed by atoms with E-state index in [9.17, 15) is 14.7 Å². The highest BCUT2D eigenvalue weighted by Gasteiger charge is 2.34. The Kier molecular flexibility index (Phi) is 5.37. The van der Waals surface area contributed by atoms with E-state index in [1.165, 1.54) is 7.11 Å². The average Bonchev–Trinajstić information content (AvgIpc) is 2.30. The van der Waals surface area contributed by atoms with E-state index >= 15 is 0 Å². The molecule has 98 valence electrons. The number of rotatable bonds is 4. The molecule has 1 aliphatic rings. The molecular weight excluding hydrogens is 226 g/mol. The minimum atomic E-state index is -0.562. The molecule has 0 aromatic heterocycles. The van der Waals surface area contributed by atoms with E-state index in [1.54, 1.807) is 11.8 Å². The van der Waals surface area contributed by atoms with E-state index in [0.717, 1.165) is 0 Å². The van der Waals surface area contributed by atoms with E-state index in [1.807, 2.05) is 0 Å². The number of hydrogen-bond acceptors (Lipinski definition) is 6. The zero-order chi connectivity index (χ0) is 12.8. The standard InChI is InChI=1S/C11H19NO5/c1-3-17-10(14)7-12-5-4-8(13)6-9(12)11(15)16-2/h8-9,13H,3-7H2,1-2H3/t8-,9+/m0/s1. The zero-order valence-electron chi connectivity index (χ0n) is 10.2. The second kappa shape index (κ2) is 6.56. The molecule has 6 heteroatoms. The molecule has 1 heterocycles. The number of carbonyl (C=O) groups excluding carboxylic acids is 2. The minimum Gasteiger partial charge on any atom is -0.468 e. The van der Waals surface area contributed by atoms with Gasteiger partial charge in [-0.05, 0) is 19.8 Å². The van der Waals surface area contributed by atoms with Crippen molar-refractivity contribution in [1.82, 2.24) is 4.90 Å². The summed E-state index contributed by atoms with van der Waals surface area (Å²) in [5.74, 6) is -0.786. The van der Waals surface area contributed by atoms with Crippen LogP contribution in [0.2, 0.25) is 0 Å². The maximum atomic E-state index is 11.5. The minimum absolute atomic E-state index is 0.0559. The van der Waals surface area contributed by atoms with E-state index in [0.29, 0.717) is 26.0 Å². The highest BCUT2D eigenvalue weighted by molar-refractivity contribution is 5.78. The summed E-state index contributed by atoms with van der Waals surface area (Å²) in [4.78, 5) is 24.6. The van der Waals surface area contributed by atoms with Crippen molar-refractivity contribution < 1.29 is 24.2 Å². The molecule has 6 nitrogen and oxygen atoms in total. The van der Waals surface area contributed by atoms with Crippen molar-refractivity contribution in [3.63, 3.8) is 0 Å². The van der Waals surface area contributed by atoms with Crippen LogP contribution in [0.3, 0.4) is 0 Å². The number of aliphatic hydroxyl groups excluding tert-OH is 1. The second-order valence-corrected chi connectivity index (χ2v) is 3.99. The zero-order valence-corrected chi connectivity index (χ0v) is 10.2. The SMILES string of the molecule is CCOC(=O)CN1CC[C@H](O)C[C@@H]1C(=O)OC. The molecule has 0 bridgehead atoms. The lowest BCUT2D eigenvalue weighted by Gasteiger charge is -2.35. The van der Waals surface area contributed by atoms with Gasteiger partial charge in [-0.25, -0.2) is 0 Å². The highest BCUT2D eigenvalue weighted by atomic mass is 16.5. The summed E-state index contributed by atoms with van der Waals surface area (Å²) in [5, 5.41) is 9.53. The van der Waals surface area contributed by atoms with Crippen molar-refractivity contribution in [3.05, 3.63) is 0 Å². The van der Waals surface area contributed by atoms with Crippen molar-refractivity contribution in [2.75, 3.05) is 26.8 Å². The van der Waals surface area contributed by atoms with E-state index < -0.39 is 18.1 Å². The molecule has 0 amide bonds. The maximum Gasteiger partial charge on any atom is 0.323 e. The van der Waals surface area contributed by atoms with E-state index in [4.69, 9.17) is 4.74 Å². The Bertz CT molecular complexity index is 281. The van der Waals surface area contributed by atoms with Gasteiger partial charge in [0.15, 0.2) is 0 Å². The number of likely N-dealkylation sites (tertiary alicyclic amines) is 1. The summed E-state index contributed by atoms with van der Waals surface area (Å²) >= 11 is 0. The van der Waals surface area contributed by atoms with Gasteiger partial charge in [0.2, 0.25) is 0 Å². The Hall–Kier alpha value is -1.14. The molecule has 1 rings (SSSR count). The van der Waals surface area contributed by atoms with Gasteiger partial charge in [0.25, 0.3) is 0 Å². The molecule has 0 unspecified atom stereocenters. The molecule has 17 heavy (non-hydrogen) atoms. The number of carbonyl (C=O) groups is 2. The lowest BCUT2D eigenvalue weighted by atomic mass is 9.99. The molecule has 0 aromatic rings. The first-order valence-corrected chi connectivity index (χ1v) is 5.74. The summed E-state index contributed by atoms with van der Waals surface area (Å²) in [6.07, 6.45) is 0.330. The summed E-state index contributed by atoms with van der Waals surface area (Å²) in [6, 6.07) is -0.562. The Morgan fingerprint density at radius 1 is 1.47 bits per heavy atom. The van der Waals surface area contributed by atoms with Crippen LogP contribution in [0.5, 0.6) is 0 Å². The number of aliphatic hydroxyl groups is 1.